The Balaban J connectivity index is 1.53. The number of nitrogens with two attached hydrogens (primary N) is 2. The second-order valence-electron chi connectivity index (χ2n) is 8.22. The number of rotatable bonds is 6. The molecule has 0 amide bonds. The van der Waals surface area contributed by atoms with Crippen molar-refractivity contribution in [2.45, 2.75) is 57.2 Å². The lowest BCUT2D eigenvalue weighted by atomic mass is 9.90. The van der Waals surface area contributed by atoms with Gasteiger partial charge in [-0.1, -0.05) is 6.07 Å². The van der Waals surface area contributed by atoms with Crippen LogP contribution in [0.1, 0.15) is 44.1 Å². The molecule has 1 heterocycles. The highest BCUT2D eigenvalue weighted by Gasteiger charge is 2.30. The summed E-state index contributed by atoms with van der Waals surface area (Å²) < 4.78 is 16.2. The van der Waals surface area contributed by atoms with E-state index in [-0.39, 0.29) is 11.6 Å². The summed E-state index contributed by atoms with van der Waals surface area (Å²) in [5, 5.41) is 0. The Morgan fingerprint density at radius 2 is 1.89 bits per heavy atom. The lowest BCUT2D eigenvalue weighted by Gasteiger charge is -2.36. The molecule has 2 aliphatic carbocycles. The van der Waals surface area contributed by atoms with Gasteiger partial charge in [-0.3, -0.25) is 9.47 Å². The Morgan fingerprint density at radius 3 is 2.54 bits per heavy atom. The van der Waals surface area contributed by atoms with Gasteiger partial charge in [0, 0.05) is 36.9 Å². The van der Waals surface area contributed by atoms with Crippen LogP contribution < -0.4 is 17.2 Å². The van der Waals surface area contributed by atoms with Gasteiger partial charge in [-0.05, 0) is 62.6 Å². The molecule has 0 bridgehead atoms. The van der Waals surface area contributed by atoms with Gasteiger partial charge in [0.25, 0.3) is 0 Å². The van der Waals surface area contributed by atoms with Crippen molar-refractivity contribution in [2.24, 2.45) is 11.7 Å². The quantitative estimate of drug-likeness (QED) is 0.797. The van der Waals surface area contributed by atoms with Crippen molar-refractivity contribution in [3.63, 3.8) is 0 Å². The first kappa shape index (κ1) is 19.1. The Hall–Kier alpha value is -2.25. The van der Waals surface area contributed by atoms with Gasteiger partial charge in [0.2, 0.25) is 0 Å². The van der Waals surface area contributed by atoms with Crippen molar-refractivity contribution >= 4 is 5.82 Å². The Kier molecular flexibility index (Phi) is 5.46. The van der Waals surface area contributed by atoms with E-state index in [1.54, 1.807) is 12.1 Å². The molecular weight excluding hydrogens is 357 g/mol. The van der Waals surface area contributed by atoms with Crippen molar-refractivity contribution in [2.75, 3.05) is 12.3 Å². The molecule has 2 saturated carbocycles. The van der Waals surface area contributed by atoms with Gasteiger partial charge >= 0.3 is 5.69 Å². The van der Waals surface area contributed by atoms with E-state index in [2.05, 4.69) is 9.88 Å². The minimum Gasteiger partial charge on any atom is -0.383 e. The zero-order chi connectivity index (χ0) is 19.7. The van der Waals surface area contributed by atoms with Crippen molar-refractivity contribution in [3.8, 4) is 5.69 Å². The Morgan fingerprint density at radius 1 is 1.14 bits per heavy atom. The lowest BCUT2D eigenvalue weighted by molar-refractivity contribution is 0.134. The third kappa shape index (κ3) is 4.42. The summed E-state index contributed by atoms with van der Waals surface area (Å²) in [6, 6.07) is 7.26. The molecule has 6 nitrogen and oxygen atoms in total. The molecule has 2 fully saturated rings. The fraction of sp³-hybridized carbons (Fsp3) is 0.524. The first-order valence-corrected chi connectivity index (χ1v) is 10.1. The summed E-state index contributed by atoms with van der Waals surface area (Å²) in [6.07, 6.45) is 8.32. The van der Waals surface area contributed by atoms with Crippen LogP contribution in [-0.4, -0.2) is 33.1 Å². The number of halogens is 1. The van der Waals surface area contributed by atoms with Crippen LogP contribution in [-0.2, 0) is 6.54 Å². The molecule has 0 unspecified atom stereocenters. The molecule has 4 rings (SSSR count). The van der Waals surface area contributed by atoms with Gasteiger partial charge < -0.3 is 11.5 Å². The number of nitrogen functional groups attached to an aromatic ring is 1. The SMILES string of the molecule is Nc1ccn(-c2ccc(CN(CC3CC3)[C@H]3CC[C@H](N)CC3)c(F)c2)c(=O)n1. The van der Waals surface area contributed by atoms with Crippen molar-refractivity contribution < 1.29 is 4.39 Å². The highest BCUT2D eigenvalue weighted by atomic mass is 19.1. The summed E-state index contributed by atoms with van der Waals surface area (Å²) in [7, 11) is 0. The molecule has 0 spiro atoms. The number of hydrogen-bond donors (Lipinski definition) is 2. The molecule has 7 heteroatoms. The molecule has 2 aromatic rings. The zero-order valence-electron chi connectivity index (χ0n) is 16.1. The molecule has 1 aromatic heterocycles. The first-order valence-electron chi connectivity index (χ1n) is 10.1. The van der Waals surface area contributed by atoms with Gasteiger partial charge in [-0.15, -0.1) is 0 Å². The number of aromatic nitrogens is 2. The average molecular weight is 385 g/mol. The Bertz CT molecular complexity index is 887. The number of benzene rings is 1. The molecule has 150 valence electrons. The van der Waals surface area contributed by atoms with E-state index < -0.39 is 5.69 Å². The molecule has 0 saturated heterocycles. The van der Waals surface area contributed by atoms with Gasteiger partial charge in [-0.2, -0.15) is 4.98 Å². The number of anilines is 1. The van der Waals surface area contributed by atoms with Crippen molar-refractivity contribution in [1.29, 1.82) is 0 Å². The second-order valence-corrected chi connectivity index (χ2v) is 8.22. The number of nitrogens with zero attached hydrogens (tertiary/aromatic N) is 3. The predicted octanol–water partition coefficient (Wildman–Crippen LogP) is 2.44. The van der Waals surface area contributed by atoms with E-state index in [1.165, 1.54) is 35.7 Å². The van der Waals surface area contributed by atoms with E-state index in [4.69, 9.17) is 11.5 Å². The fourth-order valence-electron chi connectivity index (χ4n) is 4.09. The summed E-state index contributed by atoms with van der Waals surface area (Å²) in [4.78, 5) is 18.2. The molecule has 0 radical (unpaired) electrons. The van der Waals surface area contributed by atoms with Crippen LogP contribution in [0.15, 0.2) is 35.3 Å². The second kappa shape index (κ2) is 8.01. The molecule has 4 N–H and O–H groups in total. The van der Waals surface area contributed by atoms with Gasteiger partial charge in [0.05, 0.1) is 5.69 Å². The average Bonchev–Trinajstić information content (AvgIpc) is 3.47. The summed E-state index contributed by atoms with van der Waals surface area (Å²) >= 11 is 0. The van der Waals surface area contributed by atoms with Crippen LogP contribution in [0.25, 0.3) is 5.69 Å². The zero-order valence-corrected chi connectivity index (χ0v) is 16.1. The van der Waals surface area contributed by atoms with Crippen molar-refractivity contribution in [3.05, 3.63) is 52.3 Å². The molecule has 0 atom stereocenters. The van der Waals surface area contributed by atoms with E-state index in [0.717, 1.165) is 38.1 Å². The Labute approximate surface area is 164 Å². The summed E-state index contributed by atoms with van der Waals surface area (Å²) in [5.74, 6) is 0.605. The minimum atomic E-state index is -0.513. The highest BCUT2D eigenvalue weighted by molar-refractivity contribution is 5.37. The molecule has 0 aliphatic heterocycles. The van der Waals surface area contributed by atoms with Crippen LogP contribution in [0.3, 0.4) is 0 Å². The van der Waals surface area contributed by atoms with Crippen LogP contribution in [0.4, 0.5) is 10.2 Å². The van der Waals surface area contributed by atoms with Gasteiger partial charge in [0.1, 0.15) is 11.6 Å². The first-order chi connectivity index (χ1) is 13.5. The summed E-state index contributed by atoms with van der Waals surface area (Å²) in [6.45, 7) is 1.62. The van der Waals surface area contributed by atoms with Crippen LogP contribution in [0.2, 0.25) is 0 Å². The van der Waals surface area contributed by atoms with Gasteiger partial charge in [-0.25, -0.2) is 9.18 Å². The van der Waals surface area contributed by atoms with E-state index in [0.29, 0.717) is 29.9 Å². The maximum absolute atomic E-state index is 14.9. The van der Waals surface area contributed by atoms with Crippen LogP contribution in [0, 0.1) is 11.7 Å². The largest absolute Gasteiger partial charge is 0.383 e. The molecular formula is C21H28FN5O. The molecule has 28 heavy (non-hydrogen) atoms. The normalized spacial score (nSPS) is 22.5. The fourth-order valence-corrected chi connectivity index (χ4v) is 4.09. The van der Waals surface area contributed by atoms with E-state index in [9.17, 15) is 9.18 Å². The van der Waals surface area contributed by atoms with Gasteiger partial charge in [0.15, 0.2) is 0 Å². The lowest BCUT2D eigenvalue weighted by Crippen LogP contribution is -2.41. The van der Waals surface area contributed by atoms with Crippen LogP contribution >= 0.6 is 0 Å². The molecule has 2 aliphatic rings. The topological polar surface area (TPSA) is 90.2 Å². The van der Waals surface area contributed by atoms with Crippen LogP contribution in [0.5, 0.6) is 0 Å². The van der Waals surface area contributed by atoms with E-state index in [1.807, 2.05) is 0 Å². The maximum Gasteiger partial charge on any atom is 0.354 e. The third-order valence-electron chi connectivity index (χ3n) is 5.96. The highest BCUT2D eigenvalue weighted by Crippen LogP contribution is 2.33. The minimum absolute atomic E-state index is 0.154. The maximum atomic E-state index is 14.9. The monoisotopic (exact) mass is 385 g/mol. The standard InChI is InChI=1S/C21H28FN5O/c22-19-11-18(27-10-9-20(24)25-21(27)28)6-3-15(19)13-26(12-14-1-2-14)17-7-4-16(23)5-8-17/h3,6,9-11,14,16-17H,1-2,4-5,7-8,12-13,23H2,(H2,24,25,28)/t16-,17-. The predicted molar refractivity (Wildman–Crippen MR) is 108 cm³/mol. The summed E-state index contributed by atoms with van der Waals surface area (Å²) in [5.41, 5.74) is 12.2. The van der Waals surface area contributed by atoms with E-state index >= 15 is 0 Å². The van der Waals surface area contributed by atoms with Crippen molar-refractivity contribution in [1.82, 2.24) is 14.5 Å². The third-order valence-corrected chi connectivity index (χ3v) is 5.96. The molecule has 1 aromatic carbocycles. The number of hydrogen-bond acceptors (Lipinski definition) is 5. The smallest absolute Gasteiger partial charge is 0.354 e.